The fourth-order valence-corrected chi connectivity index (χ4v) is 2.98. The molecule has 1 saturated heterocycles. The molecule has 1 heterocycles. The van der Waals surface area contributed by atoms with Gasteiger partial charge in [0.15, 0.2) is 0 Å². The van der Waals surface area contributed by atoms with Crippen LogP contribution < -0.4 is 10.1 Å². The van der Waals surface area contributed by atoms with Crippen molar-refractivity contribution in [3.05, 3.63) is 29.8 Å². The number of carbonyl (C=O) groups is 2. The molecule has 0 bridgehead atoms. The molecule has 0 spiro atoms. The molecule has 5 heteroatoms. The Hall–Kier alpha value is -2.04. The zero-order valence-electron chi connectivity index (χ0n) is 15.7. The number of ether oxygens (including phenoxy) is 1. The third-order valence-electron chi connectivity index (χ3n) is 4.33. The highest BCUT2D eigenvalue weighted by molar-refractivity contribution is 5.88. The molecule has 138 valence electrons. The number of amides is 2. The second-order valence-corrected chi connectivity index (χ2v) is 7.37. The van der Waals surface area contributed by atoms with E-state index in [0.717, 1.165) is 24.2 Å². The van der Waals surface area contributed by atoms with E-state index in [2.05, 4.69) is 19.2 Å². The van der Waals surface area contributed by atoms with Gasteiger partial charge in [0.05, 0.1) is 6.61 Å². The molecule has 2 amide bonds. The Bertz CT molecular complexity index is 598. The molecular formula is C20H30N2O3. The molecule has 0 saturated carbocycles. The lowest BCUT2D eigenvalue weighted by Gasteiger charge is -2.25. The first-order valence-corrected chi connectivity index (χ1v) is 9.19. The molecule has 25 heavy (non-hydrogen) atoms. The minimum absolute atomic E-state index is 0.0540. The van der Waals surface area contributed by atoms with Crippen LogP contribution in [0.3, 0.4) is 0 Å². The highest BCUT2D eigenvalue weighted by atomic mass is 16.5. The second-order valence-electron chi connectivity index (χ2n) is 7.37. The number of hydrogen-bond donors (Lipinski definition) is 1. The van der Waals surface area contributed by atoms with Crippen molar-refractivity contribution in [2.45, 2.75) is 53.1 Å². The van der Waals surface area contributed by atoms with E-state index in [4.69, 9.17) is 4.74 Å². The van der Waals surface area contributed by atoms with Crippen LogP contribution in [0.5, 0.6) is 5.75 Å². The predicted molar refractivity (Wildman–Crippen MR) is 98.2 cm³/mol. The standard InChI is InChI=1S/C20H30N2O3/c1-14(2)13-25-18-10-6-5-8-16(18)12-21-19(23)17-9-7-11-22(17)20(24)15(3)4/h5-6,8,10,14-15,17H,7,9,11-13H2,1-4H3,(H,21,23). The van der Waals surface area contributed by atoms with Gasteiger partial charge in [0, 0.05) is 24.6 Å². The summed E-state index contributed by atoms with van der Waals surface area (Å²) in [5.74, 6) is 1.14. The molecule has 1 aromatic rings. The monoisotopic (exact) mass is 346 g/mol. The highest BCUT2D eigenvalue weighted by Gasteiger charge is 2.34. The summed E-state index contributed by atoms with van der Waals surface area (Å²) in [6, 6.07) is 7.41. The van der Waals surface area contributed by atoms with Crippen molar-refractivity contribution < 1.29 is 14.3 Å². The van der Waals surface area contributed by atoms with Crippen molar-refractivity contribution in [2.75, 3.05) is 13.2 Å². The van der Waals surface area contributed by atoms with Gasteiger partial charge in [-0.25, -0.2) is 0 Å². The Balaban J connectivity index is 1.97. The van der Waals surface area contributed by atoms with Crippen LogP contribution in [0.25, 0.3) is 0 Å². The third-order valence-corrected chi connectivity index (χ3v) is 4.33. The molecule has 1 aliphatic heterocycles. The van der Waals surface area contributed by atoms with Gasteiger partial charge < -0.3 is 15.0 Å². The van der Waals surface area contributed by atoms with Gasteiger partial charge in [-0.3, -0.25) is 9.59 Å². The highest BCUT2D eigenvalue weighted by Crippen LogP contribution is 2.21. The number of carbonyl (C=O) groups excluding carboxylic acids is 2. The Kier molecular flexibility index (Phi) is 6.85. The lowest BCUT2D eigenvalue weighted by atomic mass is 10.1. The normalized spacial score (nSPS) is 17.2. The summed E-state index contributed by atoms with van der Waals surface area (Å²) in [5.41, 5.74) is 0.955. The number of rotatable bonds is 7. The van der Waals surface area contributed by atoms with E-state index >= 15 is 0 Å². The molecule has 0 aromatic heterocycles. The SMILES string of the molecule is CC(C)COc1ccccc1CNC(=O)C1CCCN1C(=O)C(C)C. The van der Waals surface area contributed by atoms with Gasteiger partial charge in [0.2, 0.25) is 11.8 Å². The Labute approximate surface area is 150 Å². The Morgan fingerprint density at radius 3 is 2.64 bits per heavy atom. The Morgan fingerprint density at radius 2 is 1.96 bits per heavy atom. The van der Waals surface area contributed by atoms with Crippen LogP contribution in [0.1, 0.15) is 46.1 Å². The summed E-state index contributed by atoms with van der Waals surface area (Å²) in [4.78, 5) is 26.6. The average Bonchev–Trinajstić information content (AvgIpc) is 3.07. The summed E-state index contributed by atoms with van der Waals surface area (Å²) in [7, 11) is 0. The summed E-state index contributed by atoms with van der Waals surface area (Å²) in [5, 5.41) is 2.98. The first-order valence-electron chi connectivity index (χ1n) is 9.19. The van der Waals surface area contributed by atoms with Crippen molar-refractivity contribution in [2.24, 2.45) is 11.8 Å². The van der Waals surface area contributed by atoms with Gasteiger partial charge in [0.25, 0.3) is 0 Å². The first-order chi connectivity index (χ1) is 11.9. The third kappa shape index (κ3) is 5.21. The number of likely N-dealkylation sites (tertiary alicyclic amines) is 1. The lowest BCUT2D eigenvalue weighted by Crippen LogP contribution is -2.47. The van der Waals surface area contributed by atoms with Crippen molar-refractivity contribution in [1.82, 2.24) is 10.2 Å². The molecule has 2 rings (SSSR count). The molecule has 1 aliphatic rings. The minimum atomic E-state index is -0.348. The maximum atomic E-state index is 12.6. The Morgan fingerprint density at radius 1 is 1.24 bits per heavy atom. The molecule has 1 fully saturated rings. The maximum Gasteiger partial charge on any atom is 0.243 e. The fraction of sp³-hybridized carbons (Fsp3) is 0.600. The number of benzene rings is 1. The van der Waals surface area contributed by atoms with Crippen LogP contribution in [-0.4, -0.2) is 35.9 Å². The van der Waals surface area contributed by atoms with E-state index in [1.165, 1.54) is 0 Å². The van der Waals surface area contributed by atoms with E-state index in [-0.39, 0.29) is 23.8 Å². The van der Waals surface area contributed by atoms with E-state index in [1.54, 1.807) is 4.90 Å². The summed E-state index contributed by atoms with van der Waals surface area (Å²) < 4.78 is 5.83. The smallest absolute Gasteiger partial charge is 0.243 e. The van der Waals surface area contributed by atoms with Crippen molar-refractivity contribution in [1.29, 1.82) is 0 Å². The molecular weight excluding hydrogens is 316 g/mol. The van der Waals surface area contributed by atoms with E-state index in [0.29, 0.717) is 25.6 Å². The predicted octanol–water partition coefficient (Wildman–Crippen LogP) is 2.98. The van der Waals surface area contributed by atoms with E-state index in [9.17, 15) is 9.59 Å². The van der Waals surface area contributed by atoms with Gasteiger partial charge in [-0.2, -0.15) is 0 Å². The number of nitrogens with zero attached hydrogens (tertiary/aromatic N) is 1. The topological polar surface area (TPSA) is 58.6 Å². The quantitative estimate of drug-likeness (QED) is 0.826. The van der Waals surface area contributed by atoms with E-state index in [1.807, 2.05) is 38.1 Å². The second kappa shape index (κ2) is 8.88. The maximum absolute atomic E-state index is 12.6. The number of hydrogen-bond acceptors (Lipinski definition) is 3. The largest absolute Gasteiger partial charge is 0.493 e. The van der Waals surface area contributed by atoms with Crippen LogP contribution in [0.4, 0.5) is 0 Å². The van der Waals surface area contributed by atoms with Gasteiger partial charge in [-0.15, -0.1) is 0 Å². The fourth-order valence-electron chi connectivity index (χ4n) is 2.98. The zero-order valence-corrected chi connectivity index (χ0v) is 15.7. The molecule has 1 atom stereocenters. The number of para-hydroxylation sites is 1. The summed E-state index contributed by atoms with van der Waals surface area (Å²) >= 11 is 0. The lowest BCUT2D eigenvalue weighted by molar-refractivity contribution is -0.140. The van der Waals surface area contributed by atoms with E-state index < -0.39 is 0 Å². The average molecular weight is 346 g/mol. The van der Waals surface area contributed by atoms with Crippen LogP contribution in [0, 0.1) is 11.8 Å². The zero-order chi connectivity index (χ0) is 18.4. The van der Waals surface area contributed by atoms with Gasteiger partial charge in [0.1, 0.15) is 11.8 Å². The van der Waals surface area contributed by atoms with Crippen LogP contribution in [0.15, 0.2) is 24.3 Å². The van der Waals surface area contributed by atoms with Gasteiger partial charge in [-0.05, 0) is 24.8 Å². The van der Waals surface area contributed by atoms with Crippen molar-refractivity contribution in [3.63, 3.8) is 0 Å². The van der Waals surface area contributed by atoms with Gasteiger partial charge >= 0.3 is 0 Å². The molecule has 5 nitrogen and oxygen atoms in total. The molecule has 1 aromatic carbocycles. The van der Waals surface area contributed by atoms with Crippen LogP contribution >= 0.6 is 0 Å². The van der Waals surface area contributed by atoms with Crippen LogP contribution in [-0.2, 0) is 16.1 Å². The minimum Gasteiger partial charge on any atom is -0.493 e. The van der Waals surface area contributed by atoms with Crippen LogP contribution in [0.2, 0.25) is 0 Å². The number of nitrogens with one attached hydrogen (secondary N) is 1. The summed E-state index contributed by atoms with van der Waals surface area (Å²) in [6.45, 7) is 9.67. The van der Waals surface area contributed by atoms with Gasteiger partial charge in [-0.1, -0.05) is 45.9 Å². The summed E-state index contributed by atoms with van der Waals surface area (Å²) in [6.07, 6.45) is 1.61. The molecule has 1 N–H and O–H groups in total. The van der Waals surface area contributed by atoms with Crippen molar-refractivity contribution >= 4 is 11.8 Å². The molecule has 1 unspecified atom stereocenters. The molecule has 0 aliphatic carbocycles. The van der Waals surface area contributed by atoms with Crippen molar-refractivity contribution in [3.8, 4) is 5.75 Å². The first kappa shape index (κ1) is 19.3. The molecule has 0 radical (unpaired) electrons.